The monoisotopic (exact) mass is 563 g/mol. The maximum absolute atomic E-state index is 7.55. The summed E-state index contributed by atoms with van der Waals surface area (Å²) in [6.45, 7) is 0. The molecule has 1 spiro atoms. The fourth-order valence-electron chi connectivity index (χ4n) is 8.97. The Kier molecular flexibility index (Phi) is 6.37. The van der Waals surface area contributed by atoms with Crippen LogP contribution in [0, 0.1) is 5.92 Å². The first kappa shape index (κ1) is 26.6. The molecule has 0 aromatic heterocycles. The molecule has 3 unspecified atom stereocenters. The van der Waals surface area contributed by atoms with Gasteiger partial charge in [-0.25, -0.2) is 0 Å². The number of anilines is 1. The van der Waals surface area contributed by atoms with Gasteiger partial charge in [0.1, 0.15) is 5.76 Å². The van der Waals surface area contributed by atoms with Gasteiger partial charge in [-0.2, -0.15) is 0 Å². The van der Waals surface area contributed by atoms with Gasteiger partial charge in [0.2, 0.25) is 0 Å². The second-order valence-electron chi connectivity index (χ2n) is 13.3. The van der Waals surface area contributed by atoms with Crippen molar-refractivity contribution in [3.63, 3.8) is 0 Å². The molecule has 3 aliphatic carbocycles. The minimum atomic E-state index is -0.704. The zero-order chi connectivity index (χ0) is 29.0. The van der Waals surface area contributed by atoms with Crippen molar-refractivity contribution in [1.82, 2.24) is 0 Å². The van der Waals surface area contributed by atoms with Crippen molar-refractivity contribution in [1.29, 1.82) is 0 Å². The van der Waals surface area contributed by atoms with Crippen LogP contribution in [0.15, 0.2) is 121 Å². The number of ether oxygens (including phenoxy) is 1. The average molecular weight is 564 g/mol. The third-order valence-corrected chi connectivity index (χ3v) is 10.9. The quantitative estimate of drug-likeness (QED) is 0.246. The van der Waals surface area contributed by atoms with E-state index >= 15 is 0 Å². The number of fused-ring (bicyclic) bond motifs is 9. The third kappa shape index (κ3) is 3.99. The van der Waals surface area contributed by atoms with Crippen LogP contribution in [-0.4, -0.2) is 14.1 Å². The van der Waals surface area contributed by atoms with Crippen LogP contribution in [0.5, 0.6) is 0 Å². The smallest absolute Gasteiger partial charge is 0.178 e. The van der Waals surface area contributed by atoms with Gasteiger partial charge in [-0.3, -0.25) is 0 Å². The Hall–Kier alpha value is -4.04. The molecule has 0 bridgehead atoms. The summed E-state index contributed by atoms with van der Waals surface area (Å²) in [5, 5.41) is 0. The minimum Gasteiger partial charge on any atom is -0.473 e. The van der Waals surface area contributed by atoms with Crippen molar-refractivity contribution in [3.8, 4) is 0 Å². The van der Waals surface area contributed by atoms with E-state index < -0.39 is 5.60 Å². The highest BCUT2D eigenvalue weighted by Gasteiger charge is 2.57. The van der Waals surface area contributed by atoms with E-state index in [0.717, 1.165) is 16.9 Å². The SMILES string of the molecule is CN(C)c1ccc(C2(c3ccccc3)C=CC3=C(O2)c2ccccc2C2c4ccccc4C4(CCCCCCC4)C32)cc1. The molecule has 1 saturated carbocycles. The number of nitrogens with zero attached hydrogens (tertiary/aromatic N) is 1. The largest absolute Gasteiger partial charge is 0.473 e. The average Bonchev–Trinajstić information content (AvgIpc) is 3.34. The molecule has 0 amide bonds. The van der Waals surface area contributed by atoms with Crippen molar-refractivity contribution in [3.05, 3.63) is 154 Å². The second kappa shape index (κ2) is 10.3. The topological polar surface area (TPSA) is 12.5 Å². The highest BCUT2D eigenvalue weighted by atomic mass is 16.5. The first-order valence-corrected chi connectivity index (χ1v) is 16.3. The van der Waals surface area contributed by atoms with E-state index in [4.69, 9.17) is 4.74 Å². The first-order chi connectivity index (χ1) is 21.1. The fraction of sp³-hybridized carbons (Fsp3) is 0.317. The van der Waals surface area contributed by atoms with Crippen molar-refractivity contribution < 1.29 is 4.74 Å². The second-order valence-corrected chi connectivity index (χ2v) is 13.3. The maximum Gasteiger partial charge on any atom is 0.178 e. The van der Waals surface area contributed by atoms with Crippen LogP contribution in [0.1, 0.15) is 84.2 Å². The van der Waals surface area contributed by atoms with E-state index in [1.165, 1.54) is 67.3 Å². The molecule has 8 rings (SSSR count). The van der Waals surface area contributed by atoms with Gasteiger partial charge in [0.25, 0.3) is 0 Å². The van der Waals surface area contributed by atoms with Crippen molar-refractivity contribution >= 4 is 11.4 Å². The third-order valence-electron chi connectivity index (χ3n) is 10.9. The molecule has 2 nitrogen and oxygen atoms in total. The first-order valence-electron chi connectivity index (χ1n) is 16.3. The lowest BCUT2D eigenvalue weighted by Gasteiger charge is -2.47. The summed E-state index contributed by atoms with van der Waals surface area (Å²) in [7, 11) is 4.19. The molecule has 3 atom stereocenters. The Morgan fingerprint density at radius 3 is 2.02 bits per heavy atom. The number of rotatable bonds is 3. The summed E-state index contributed by atoms with van der Waals surface area (Å²) in [6, 6.07) is 38.3. The zero-order valence-corrected chi connectivity index (χ0v) is 25.4. The van der Waals surface area contributed by atoms with Crippen LogP contribution in [-0.2, 0) is 15.8 Å². The molecule has 1 fully saturated rings. The van der Waals surface area contributed by atoms with Crippen molar-refractivity contribution in [2.45, 2.75) is 61.9 Å². The van der Waals surface area contributed by atoms with Crippen LogP contribution >= 0.6 is 0 Å². The molecular weight excluding hydrogens is 522 g/mol. The highest BCUT2D eigenvalue weighted by Crippen LogP contribution is 2.65. The Balaban J connectivity index is 1.34. The van der Waals surface area contributed by atoms with Crippen molar-refractivity contribution in [2.75, 3.05) is 19.0 Å². The van der Waals surface area contributed by atoms with Crippen LogP contribution in [0.4, 0.5) is 5.69 Å². The van der Waals surface area contributed by atoms with E-state index in [2.05, 4.69) is 134 Å². The van der Waals surface area contributed by atoms with Crippen molar-refractivity contribution in [2.24, 2.45) is 5.92 Å². The molecule has 0 radical (unpaired) electrons. The van der Waals surface area contributed by atoms with Crippen LogP contribution in [0.3, 0.4) is 0 Å². The lowest BCUT2D eigenvalue weighted by atomic mass is 9.60. The Bertz CT molecular complexity index is 1700. The highest BCUT2D eigenvalue weighted by molar-refractivity contribution is 5.78. The summed E-state index contributed by atoms with van der Waals surface area (Å²) in [5.41, 5.74) is 10.2. The van der Waals surface area contributed by atoms with Gasteiger partial charge >= 0.3 is 0 Å². The zero-order valence-electron chi connectivity index (χ0n) is 25.4. The Labute approximate surface area is 256 Å². The molecule has 1 aliphatic heterocycles. The molecule has 2 heteroatoms. The molecule has 1 heterocycles. The summed E-state index contributed by atoms with van der Waals surface area (Å²) < 4.78 is 7.55. The van der Waals surface area contributed by atoms with Crippen LogP contribution in [0.2, 0.25) is 0 Å². The molecular formula is C41H41NO. The lowest BCUT2D eigenvalue weighted by molar-refractivity contribution is 0.116. The molecule has 216 valence electrons. The number of benzene rings is 4. The molecule has 4 aliphatic rings. The van der Waals surface area contributed by atoms with E-state index in [-0.39, 0.29) is 5.41 Å². The lowest BCUT2D eigenvalue weighted by Crippen LogP contribution is -2.40. The number of hydrogen-bond donors (Lipinski definition) is 0. The van der Waals surface area contributed by atoms with E-state index in [0.29, 0.717) is 11.8 Å². The van der Waals surface area contributed by atoms with Crippen LogP contribution < -0.4 is 4.90 Å². The van der Waals surface area contributed by atoms with Gasteiger partial charge in [-0.15, -0.1) is 0 Å². The molecule has 0 saturated heterocycles. The summed E-state index contributed by atoms with van der Waals surface area (Å²) in [6.07, 6.45) is 14.0. The van der Waals surface area contributed by atoms with E-state index in [1.54, 1.807) is 11.1 Å². The molecule has 43 heavy (non-hydrogen) atoms. The standard InChI is InChI=1S/C41H41NO/c1-42(2)31-23-21-30(22-24-31)41(29-15-7-6-8-16-29)28-25-35-38-37(32-17-9-10-18-33(32)39(35)43-41)34-19-11-12-20-36(34)40(38)26-13-4-3-5-14-27-40/h6-12,15-25,28,37-38H,3-5,13-14,26-27H2,1-2H3. The predicted octanol–water partition coefficient (Wildman–Crippen LogP) is 9.75. The van der Waals surface area contributed by atoms with Crippen LogP contribution in [0.25, 0.3) is 5.76 Å². The van der Waals surface area contributed by atoms with Gasteiger partial charge in [0.05, 0.1) is 0 Å². The van der Waals surface area contributed by atoms with Gasteiger partial charge < -0.3 is 9.64 Å². The predicted molar refractivity (Wildman–Crippen MR) is 177 cm³/mol. The number of allylic oxidation sites excluding steroid dienone is 2. The molecule has 4 aromatic carbocycles. The summed E-state index contributed by atoms with van der Waals surface area (Å²) in [4.78, 5) is 2.15. The molecule has 4 aromatic rings. The minimum absolute atomic E-state index is 0.142. The summed E-state index contributed by atoms with van der Waals surface area (Å²) >= 11 is 0. The maximum atomic E-state index is 7.55. The van der Waals surface area contributed by atoms with Gasteiger partial charge in [-0.1, -0.05) is 129 Å². The van der Waals surface area contributed by atoms with E-state index in [9.17, 15) is 0 Å². The van der Waals surface area contributed by atoms with E-state index in [1.807, 2.05) is 0 Å². The Morgan fingerprint density at radius 2 is 1.28 bits per heavy atom. The van der Waals surface area contributed by atoms with Gasteiger partial charge in [0, 0.05) is 53.7 Å². The van der Waals surface area contributed by atoms with Gasteiger partial charge in [-0.05, 0) is 53.3 Å². The number of hydrogen-bond acceptors (Lipinski definition) is 2. The van der Waals surface area contributed by atoms with Gasteiger partial charge in [0.15, 0.2) is 5.60 Å². The fourth-order valence-corrected chi connectivity index (χ4v) is 8.97. The normalized spacial score (nSPS) is 25.1. The molecule has 0 N–H and O–H groups in total. The Morgan fingerprint density at radius 1 is 0.651 bits per heavy atom. The summed E-state index contributed by atoms with van der Waals surface area (Å²) in [5.74, 6) is 1.82.